The molecule has 8 nitrogen and oxygen atoms in total. The smallest absolute Gasteiger partial charge is 0.319 e. The molecule has 1 aromatic heterocycles. The molecule has 5 aliphatic rings. The maximum absolute atomic E-state index is 17.5. The topological polar surface area (TPSA) is 83.0 Å². The van der Waals surface area contributed by atoms with E-state index in [2.05, 4.69) is 21.0 Å². The molecule has 4 aliphatic heterocycles. The van der Waals surface area contributed by atoms with Crippen molar-refractivity contribution in [3.05, 3.63) is 53.1 Å². The van der Waals surface area contributed by atoms with Crippen molar-refractivity contribution >= 4 is 27.5 Å². The van der Waals surface area contributed by atoms with E-state index in [0.717, 1.165) is 77.9 Å². The van der Waals surface area contributed by atoms with E-state index in [1.54, 1.807) is 6.07 Å². The Labute approximate surface area is 291 Å². The van der Waals surface area contributed by atoms with Crippen LogP contribution in [0.2, 0.25) is 0 Å². The number of aromatic nitrogens is 2. The van der Waals surface area contributed by atoms with Crippen molar-refractivity contribution in [1.82, 2.24) is 20.2 Å². The summed E-state index contributed by atoms with van der Waals surface area (Å²) < 4.78 is 45.1. The summed E-state index contributed by atoms with van der Waals surface area (Å²) in [7, 11) is 0. The minimum Gasteiger partial charge on any atom is -0.508 e. The number of anilines is 1. The van der Waals surface area contributed by atoms with Crippen molar-refractivity contribution in [1.29, 1.82) is 0 Å². The first-order valence-corrected chi connectivity index (χ1v) is 18.1. The molecule has 5 fully saturated rings. The summed E-state index contributed by atoms with van der Waals surface area (Å²) in [5.74, 6) is 1.80. The molecule has 4 aromatic rings. The molecule has 1 saturated carbocycles. The number of hydrogen-bond donors (Lipinski definition) is 2. The number of terminal acetylenes is 1. The molecule has 9 rings (SSSR count). The molecule has 50 heavy (non-hydrogen) atoms. The molecule has 0 radical (unpaired) electrons. The Hall–Kier alpha value is -4.04. The fraction of sp³-hybridized carbons (Fsp3) is 0.500. The van der Waals surface area contributed by atoms with E-state index in [4.69, 9.17) is 25.9 Å². The third kappa shape index (κ3) is 5.37. The van der Waals surface area contributed by atoms with Crippen molar-refractivity contribution in [3.63, 3.8) is 0 Å². The Morgan fingerprint density at radius 3 is 2.56 bits per heavy atom. The Bertz CT molecular complexity index is 2050. The molecule has 3 aromatic carbocycles. The van der Waals surface area contributed by atoms with Crippen LogP contribution in [-0.2, 0) is 4.74 Å². The minimum atomic E-state index is -0.578. The molecule has 4 saturated heterocycles. The summed E-state index contributed by atoms with van der Waals surface area (Å²) in [5.41, 5.74) is 1.50. The van der Waals surface area contributed by atoms with Gasteiger partial charge in [-0.05, 0) is 85.2 Å². The lowest BCUT2D eigenvalue weighted by atomic mass is 9.86. The largest absolute Gasteiger partial charge is 0.508 e. The van der Waals surface area contributed by atoms with Crippen molar-refractivity contribution in [2.75, 3.05) is 50.8 Å². The van der Waals surface area contributed by atoms with E-state index in [1.165, 1.54) is 18.2 Å². The van der Waals surface area contributed by atoms with Crippen molar-refractivity contribution in [2.24, 2.45) is 5.41 Å². The Balaban J connectivity index is 1.15. The zero-order valence-electron chi connectivity index (χ0n) is 28.7. The maximum Gasteiger partial charge on any atom is 0.319 e. The summed E-state index contributed by atoms with van der Waals surface area (Å²) in [4.78, 5) is 14.5. The highest BCUT2D eigenvalue weighted by atomic mass is 19.1. The van der Waals surface area contributed by atoms with Gasteiger partial charge >= 0.3 is 6.01 Å². The number of aromatic hydroxyl groups is 1. The zero-order chi connectivity index (χ0) is 34.4. The fourth-order valence-electron chi connectivity index (χ4n) is 9.08. The third-order valence-corrected chi connectivity index (χ3v) is 11.8. The predicted octanol–water partition coefficient (Wildman–Crippen LogP) is 6.50. The molecule has 5 heterocycles. The first-order valence-electron chi connectivity index (χ1n) is 18.1. The van der Waals surface area contributed by atoms with Crippen molar-refractivity contribution < 1.29 is 23.4 Å². The lowest BCUT2D eigenvalue weighted by molar-refractivity contribution is -0.117. The number of piperazine rings is 1. The number of phenols is 1. The first-order chi connectivity index (χ1) is 24.1. The van der Waals surface area contributed by atoms with Gasteiger partial charge in [-0.25, -0.2) is 8.78 Å². The van der Waals surface area contributed by atoms with Crippen LogP contribution in [0.1, 0.15) is 69.4 Å². The number of nitrogens with one attached hydrogen (secondary N) is 1. The zero-order valence-corrected chi connectivity index (χ0v) is 28.7. The number of halogens is 2. The highest BCUT2D eigenvalue weighted by Gasteiger charge is 2.52. The van der Waals surface area contributed by atoms with Gasteiger partial charge < -0.3 is 24.8 Å². The highest BCUT2D eigenvalue weighted by molar-refractivity contribution is 6.05. The number of benzene rings is 3. The first kappa shape index (κ1) is 31.9. The minimum absolute atomic E-state index is 0.0221. The number of hydrogen-bond acceptors (Lipinski definition) is 8. The van der Waals surface area contributed by atoms with Crippen LogP contribution in [0, 0.1) is 29.4 Å². The number of fused-ring (bicyclic) bond motifs is 4. The molecule has 2 N–H and O–H groups in total. The summed E-state index contributed by atoms with van der Waals surface area (Å²) in [6, 6.07) is 8.63. The van der Waals surface area contributed by atoms with Gasteiger partial charge in [0.25, 0.3) is 0 Å². The van der Waals surface area contributed by atoms with Gasteiger partial charge in [0.15, 0.2) is 5.82 Å². The lowest BCUT2D eigenvalue weighted by Crippen LogP contribution is -2.62. The average Bonchev–Trinajstić information content (AvgIpc) is 3.51. The second-order valence-corrected chi connectivity index (χ2v) is 15.8. The Morgan fingerprint density at radius 2 is 1.88 bits per heavy atom. The lowest BCUT2D eigenvalue weighted by Gasteiger charge is -2.48. The van der Waals surface area contributed by atoms with Crippen molar-refractivity contribution in [3.8, 4) is 35.2 Å². The summed E-state index contributed by atoms with van der Waals surface area (Å²) >= 11 is 0. The number of ether oxygens (including phenoxy) is 2. The number of phenolic OH excluding ortho intramolecular Hbond substituents is 1. The van der Waals surface area contributed by atoms with Crippen molar-refractivity contribution in [2.45, 2.75) is 76.0 Å². The summed E-state index contributed by atoms with van der Waals surface area (Å²) in [5, 5.41) is 16.0. The third-order valence-electron chi connectivity index (χ3n) is 11.8. The van der Waals surface area contributed by atoms with E-state index in [-0.39, 0.29) is 45.3 Å². The van der Waals surface area contributed by atoms with E-state index in [1.807, 2.05) is 19.9 Å². The molecular formula is C40H43F2N5O3. The molecule has 10 heteroatoms. The fourth-order valence-corrected chi connectivity index (χ4v) is 9.08. The van der Waals surface area contributed by atoms with Crippen LogP contribution in [0.25, 0.3) is 32.8 Å². The van der Waals surface area contributed by atoms with Gasteiger partial charge in [-0.15, -0.1) is 6.42 Å². The number of nitrogens with zero attached hydrogens (tertiary/aromatic N) is 4. The SMILES string of the molecule is C#Cc1c(F)ccc2cc(O)cc(-c3c(C(C)C)cc4c(N5CC6CCC(C5)N6)nc(OCC5(CN6CC7(CCCO7)C6)CC5)nc4c3F)c12. The monoisotopic (exact) mass is 679 g/mol. The van der Waals surface area contributed by atoms with Crippen LogP contribution in [0.3, 0.4) is 0 Å². The Kier molecular flexibility index (Phi) is 7.50. The van der Waals surface area contributed by atoms with Crippen LogP contribution >= 0.6 is 0 Å². The van der Waals surface area contributed by atoms with Gasteiger partial charge in [0.1, 0.15) is 22.9 Å². The molecular weight excluding hydrogens is 636 g/mol. The van der Waals surface area contributed by atoms with Gasteiger partial charge in [0.2, 0.25) is 0 Å². The van der Waals surface area contributed by atoms with Crippen LogP contribution in [0.5, 0.6) is 11.8 Å². The van der Waals surface area contributed by atoms with Gasteiger partial charge in [0, 0.05) is 73.2 Å². The second-order valence-electron chi connectivity index (χ2n) is 15.8. The predicted molar refractivity (Wildman–Crippen MR) is 190 cm³/mol. The Morgan fingerprint density at radius 1 is 1.10 bits per heavy atom. The molecule has 2 atom stereocenters. The van der Waals surface area contributed by atoms with Crippen LogP contribution in [0.15, 0.2) is 30.3 Å². The molecule has 1 aliphatic carbocycles. The number of likely N-dealkylation sites (tertiary alicyclic amines) is 1. The van der Waals surface area contributed by atoms with Gasteiger partial charge in [-0.1, -0.05) is 25.8 Å². The molecule has 2 bridgehead atoms. The second kappa shape index (κ2) is 11.8. The van der Waals surface area contributed by atoms with Crippen LogP contribution < -0.4 is 15.0 Å². The highest BCUT2D eigenvalue weighted by Crippen LogP contribution is 2.49. The summed E-state index contributed by atoms with van der Waals surface area (Å²) in [6.07, 6.45) is 12.4. The van der Waals surface area contributed by atoms with Gasteiger partial charge in [-0.3, -0.25) is 4.90 Å². The quantitative estimate of drug-likeness (QED) is 0.204. The maximum atomic E-state index is 17.5. The van der Waals surface area contributed by atoms with E-state index < -0.39 is 11.6 Å². The number of rotatable bonds is 8. The summed E-state index contributed by atoms with van der Waals surface area (Å²) in [6.45, 7) is 9.70. The van der Waals surface area contributed by atoms with Gasteiger partial charge in [-0.2, -0.15) is 9.97 Å². The van der Waals surface area contributed by atoms with E-state index >= 15 is 8.78 Å². The molecule has 1 spiro atoms. The van der Waals surface area contributed by atoms with Crippen LogP contribution in [0.4, 0.5) is 14.6 Å². The molecule has 260 valence electrons. The van der Waals surface area contributed by atoms with E-state index in [0.29, 0.717) is 51.8 Å². The normalized spacial score (nSPS) is 23.6. The molecule has 0 amide bonds. The van der Waals surface area contributed by atoms with Gasteiger partial charge in [0.05, 0.1) is 17.8 Å². The molecule has 2 unspecified atom stereocenters. The average molecular weight is 680 g/mol. The standard InChI is InChI=1S/C40H43F2N5O3/c1-4-28-32(41)9-6-24-14-27(48)15-30(33(24)28)34-29(23(2)3)16-31-36(35(34)42)44-38(45-37(31)47-17-25-7-8-26(18-47)43-25)49-22-39(11-12-39)19-46-20-40(21-46)10-5-13-50-40/h1,6,9,14-16,23,25-26,43,48H,5,7-8,10-13,17-22H2,2-3H3. The van der Waals surface area contributed by atoms with Crippen LogP contribution in [-0.4, -0.2) is 83.6 Å². The van der Waals surface area contributed by atoms with E-state index in [9.17, 15) is 5.11 Å².